The fraction of sp³-hybridized carbons (Fsp3) is 0.409. The lowest BCUT2D eigenvalue weighted by molar-refractivity contribution is 0.0216. The van der Waals surface area contributed by atoms with Crippen LogP contribution in [0.1, 0.15) is 58.7 Å². The third kappa shape index (κ3) is 4.19. The highest BCUT2D eigenvalue weighted by atomic mass is 32.1. The number of hydrogen-bond donors (Lipinski definition) is 1. The normalized spacial score (nSPS) is 14.8. The number of aromatic nitrogens is 2. The molecule has 2 aromatic heterocycles. The Morgan fingerprint density at radius 1 is 1.21 bits per heavy atom. The number of ether oxygens (including phenoxy) is 2. The van der Waals surface area contributed by atoms with Gasteiger partial charge in [-0.05, 0) is 55.9 Å². The van der Waals surface area contributed by atoms with Crippen molar-refractivity contribution in [2.45, 2.75) is 51.6 Å². The molecule has 152 valence electrons. The summed E-state index contributed by atoms with van der Waals surface area (Å²) in [6.45, 7) is 1.79. The molecular weight excluding hydrogens is 388 g/mol. The lowest BCUT2D eigenvalue weighted by Crippen LogP contribution is -2.20. The van der Waals surface area contributed by atoms with Crippen LogP contribution >= 0.6 is 11.3 Å². The summed E-state index contributed by atoms with van der Waals surface area (Å²) in [6, 6.07) is 7.63. The third-order valence-electron chi connectivity index (χ3n) is 5.39. The van der Waals surface area contributed by atoms with Crippen molar-refractivity contribution < 1.29 is 14.3 Å². The molecule has 0 saturated heterocycles. The number of methoxy groups -OCH3 is 1. The van der Waals surface area contributed by atoms with E-state index in [9.17, 15) is 9.59 Å². The van der Waals surface area contributed by atoms with Gasteiger partial charge in [0.15, 0.2) is 0 Å². The number of rotatable bonds is 5. The van der Waals surface area contributed by atoms with E-state index in [1.54, 1.807) is 14.0 Å². The van der Waals surface area contributed by atoms with Crippen LogP contribution in [0.5, 0.6) is 5.75 Å². The van der Waals surface area contributed by atoms with Gasteiger partial charge in [-0.2, -0.15) is 0 Å². The molecule has 2 heterocycles. The maximum atomic E-state index is 12.7. The van der Waals surface area contributed by atoms with Crippen LogP contribution in [-0.4, -0.2) is 29.2 Å². The average molecular weight is 413 g/mol. The molecule has 1 aromatic carbocycles. The molecule has 1 fully saturated rings. The number of carbonyl (C=O) groups is 1. The number of aromatic amines is 1. The first-order valence-electron chi connectivity index (χ1n) is 9.91. The summed E-state index contributed by atoms with van der Waals surface area (Å²) in [4.78, 5) is 33.9. The Kier molecular flexibility index (Phi) is 5.67. The van der Waals surface area contributed by atoms with Gasteiger partial charge in [0.1, 0.15) is 27.4 Å². The molecule has 0 radical (unpaired) electrons. The molecule has 29 heavy (non-hydrogen) atoms. The highest BCUT2D eigenvalue weighted by molar-refractivity contribution is 7.20. The summed E-state index contributed by atoms with van der Waals surface area (Å²) >= 11 is 1.24. The smallest absolute Gasteiger partial charge is 0.348 e. The van der Waals surface area contributed by atoms with Crippen LogP contribution in [0.3, 0.4) is 0 Å². The second kappa shape index (κ2) is 8.37. The Balaban J connectivity index is 1.60. The maximum absolute atomic E-state index is 12.7. The van der Waals surface area contributed by atoms with Crippen molar-refractivity contribution in [3.05, 3.63) is 56.4 Å². The number of nitrogens with zero attached hydrogens (tertiary/aromatic N) is 1. The molecule has 1 N–H and O–H groups in total. The molecular formula is C22H24N2O4S. The van der Waals surface area contributed by atoms with Crippen molar-refractivity contribution in [1.82, 2.24) is 9.97 Å². The highest BCUT2D eigenvalue weighted by Gasteiger charge is 2.24. The van der Waals surface area contributed by atoms with Crippen LogP contribution in [0.4, 0.5) is 0 Å². The van der Waals surface area contributed by atoms with E-state index in [-0.39, 0.29) is 17.6 Å². The number of benzene rings is 1. The minimum Gasteiger partial charge on any atom is -0.497 e. The van der Waals surface area contributed by atoms with Crippen LogP contribution in [-0.2, 0) is 11.2 Å². The van der Waals surface area contributed by atoms with Crippen molar-refractivity contribution in [1.29, 1.82) is 0 Å². The zero-order chi connectivity index (χ0) is 20.4. The van der Waals surface area contributed by atoms with Crippen molar-refractivity contribution in [3.63, 3.8) is 0 Å². The lowest BCUT2D eigenvalue weighted by atomic mass is 9.98. The number of esters is 1. The standard InChI is InChI=1S/C22H24N2O4S/c1-13-18-20(25)23-17(12-14-8-10-15(27-2)11-9-14)24-21(18)29-19(13)22(26)28-16-6-4-3-5-7-16/h8-11,16H,3-7,12H2,1-2H3,(H,23,24,25). The molecule has 0 atom stereocenters. The summed E-state index contributed by atoms with van der Waals surface area (Å²) in [7, 11) is 1.62. The zero-order valence-corrected chi connectivity index (χ0v) is 17.4. The molecule has 1 aliphatic carbocycles. The van der Waals surface area contributed by atoms with E-state index in [0.29, 0.717) is 32.9 Å². The molecule has 0 bridgehead atoms. The SMILES string of the molecule is COc1ccc(Cc2nc3sc(C(=O)OC4CCCCC4)c(C)c3c(=O)[nH]2)cc1. The lowest BCUT2D eigenvalue weighted by Gasteiger charge is -2.21. The van der Waals surface area contributed by atoms with Crippen LogP contribution in [0.15, 0.2) is 29.1 Å². The quantitative estimate of drug-likeness (QED) is 0.629. The summed E-state index contributed by atoms with van der Waals surface area (Å²) < 4.78 is 10.9. The summed E-state index contributed by atoms with van der Waals surface area (Å²) in [5, 5.41) is 0.476. The summed E-state index contributed by atoms with van der Waals surface area (Å²) in [6.07, 6.45) is 5.71. The van der Waals surface area contributed by atoms with Gasteiger partial charge in [-0.1, -0.05) is 18.6 Å². The van der Waals surface area contributed by atoms with Gasteiger partial charge in [0.25, 0.3) is 5.56 Å². The molecule has 1 saturated carbocycles. The van der Waals surface area contributed by atoms with E-state index >= 15 is 0 Å². The molecule has 1 aliphatic rings. The van der Waals surface area contributed by atoms with Crippen LogP contribution in [0.2, 0.25) is 0 Å². The molecule has 6 nitrogen and oxygen atoms in total. The van der Waals surface area contributed by atoms with E-state index in [2.05, 4.69) is 9.97 Å². The van der Waals surface area contributed by atoms with Crippen LogP contribution in [0, 0.1) is 6.92 Å². The first kappa shape index (κ1) is 19.6. The molecule has 0 unspecified atom stereocenters. The predicted octanol–water partition coefficient (Wildman–Crippen LogP) is 4.38. The van der Waals surface area contributed by atoms with E-state index in [1.807, 2.05) is 24.3 Å². The molecule has 0 amide bonds. The molecule has 0 aliphatic heterocycles. The molecule has 7 heteroatoms. The summed E-state index contributed by atoms with van der Waals surface area (Å²) in [5.74, 6) is 1.01. The third-order valence-corrected chi connectivity index (χ3v) is 6.56. The molecule has 3 aromatic rings. The Morgan fingerprint density at radius 2 is 1.93 bits per heavy atom. The Labute approximate surface area is 172 Å². The number of carbonyl (C=O) groups excluding carboxylic acids is 1. The average Bonchev–Trinajstić information content (AvgIpc) is 3.06. The van der Waals surface area contributed by atoms with Gasteiger partial charge >= 0.3 is 5.97 Å². The maximum Gasteiger partial charge on any atom is 0.348 e. The van der Waals surface area contributed by atoms with Gasteiger partial charge in [0.2, 0.25) is 0 Å². The largest absolute Gasteiger partial charge is 0.497 e. The number of thiophene rings is 1. The number of fused-ring (bicyclic) bond motifs is 1. The van der Waals surface area contributed by atoms with Gasteiger partial charge in [-0.15, -0.1) is 11.3 Å². The van der Waals surface area contributed by atoms with E-state index in [0.717, 1.165) is 37.0 Å². The monoisotopic (exact) mass is 412 g/mol. The topological polar surface area (TPSA) is 81.3 Å². The van der Waals surface area contributed by atoms with Gasteiger partial charge in [-0.3, -0.25) is 4.79 Å². The van der Waals surface area contributed by atoms with E-state index in [4.69, 9.17) is 9.47 Å². The van der Waals surface area contributed by atoms with Gasteiger partial charge in [-0.25, -0.2) is 9.78 Å². The minimum atomic E-state index is -0.339. The fourth-order valence-electron chi connectivity index (χ4n) is 3.79. The highest BCUT2D eigenvalue weighted by Crippen LogP contribution is 2.29. The Bertz CT molecular complexity index is 1080. The number of nitrogens with one attached hydrogen (secondary N) is 1. The van der Waals surface area contributed by atoms with Gasteiger partial charge in [0, 0.05) is 6.42 Å². The van der Waals surface area contributed by atoms with Gasteiger partial charge in [0.05, 0.1) is 12.5 Å². The second-order valence-corrected chi connectivity index (χ2v) is 8.44. The first-order chi connectivity index (χ1) is 14.0. The van der Waals surface area contributed by atoms with Crippen LogP contribution < -0.4 is 10.3 Å². The van der Waals surface area contributed by atoms with Crippen molar-refractivity contribution in [2.24, 2.45) is 0 Å². The van der Waals surface area contributed by atoms with E-state index < -0.39 is 0 Å². The van der Waals surface area contributed by atoms with Crippen LogP contribution in [0.25, 0.3) is 10.2 Å². The number of H-pyrrole nitrogens is 1. The first-order valence-corrected chi connectivity index (χ1v) is 10.7. The summed E-state index contributed by atoms with van der Waals surface area (Å²) in [5.41, 5.74) is 1.44. The zero-order valence-electron chi connectivity index (χ0n) is 16.6. The van der Waals surface area contributed by atoms with Crippen molar-refractivity contribution in [2.75, 3.05) is 7.11 Å². The molecule has 0 spiro atoms. The second-order valence-electron chi connectivity index (χ2n) is 7.44. The Hall–Kier alpha value is -2.67. The number of hydrogen-bond acceptors (Lipinski definition) is 6. The van der Waals surface area contributed by atoms with Crippen molar-refractivity contribution in [3.8, 4) is 5.75 Å². The van der Waals surface area contributed by atoms with Crippen molar-refractivity contribution >= 4 is 27.5 Å². The fourth-order valence-corrected chi connectivity index (χ4v) is 4.88. The van der Waals surface area contributed by atoms with Gasteiger partial charge < -0.3 is 14.5 Å². The minimum absolute atomic E-state index is 0.0160. The Morgan fingerprint density at radius 3 is 2.62 bits per heavy atom. The molecule has 4 rings (SSSR count). The predicted molar refractivity (Wildman–Crippen MR) is 113 cm³/mol. The number of aryl methyl sites for hydroxylation is 1. The van der Waals surface area contributed by atoms with E-state index in [1.165, 1.54) is 17.8 Å².